The first-order valence-electron chi connectivity index (χ1n) is 8.06. The molecule has 0 fully saturated rings. The number of fused-ring (bicyclic) bond motifs is 1. The molecule has 1 aliphatic rings. The van der Waals surface area contributed by atoms with Crippen LogP contribution in [0.4, 0.5) is 0 Å². The Kier molecular flexibility index (Phi) is 5.60. The van der Waals surface area contributed by atoms with Crippen LogP contribution in [0.5, 0.6) is 0 Å². The van der Waals surface area contributed by atoms with Gasteiger partial charge < -0.3 is 14.6 Å². The highest BCUT2D eigenvalue weighted by molar-refractivity contribution is 7.98. The molecule has 27 heavy (non-hydrogen) atoms. The molecule has 1 aromatic carbocycles. The van der Waals surface area contributed by atoms with Crippen LogP contribution >= 0.6 is 11.8 Å². The minimum absolute atomic E-state index is 0.0395. The number of carbonyl (C=O) groups is 4. The number of carbonyl (C=O) groups excluding carboxylic acids is 4. The van der Waals surface area contributed by atoms with Crippen molar-refractivity contribution in [3.8, 4) is 0 Å². The van der Waals surface area contributed by atoms with Crippen LogP contribution in [0, 0.1) is 0 Å². The van der Waals surface area contributed by atoms with Gasteiger partial charge in [-0.1, -0.05) is 17.2 Å². The number of imide groups is 1. The number of hydroxylamine groups is 2. The Labute approximate surface area is 158 Å². The number of hydrogen-bond acceptors (Lipinski definition) is 7. The van der Waals surface area contributed by atoms with Gasteiger partial charge in [-0.15, -0.1) is 0 Å². The Hall–Kier alpha value is -3.07. The van der Waals surface area contributed by atoms with Crippen LogP contribution in [0.1, 0.15) is 37.7 Å². The summed E-state index contributed by atoms with van der Waals surface area (Å²) < 4.78 is 5.00. The van der Waals surface area contributed by atoms with Crippen LogP contribution in [0.25, 0.3) is 0 Å². The Morgan fingerprint density at radius 1 is 1.15 bits per heavy atom. The predicted molar refractivity (Wildman–Crippen MR) is 96.0 cm³/mol. The fraction of sp³-hybridized carbons (Fsp3) is 0.222. The second-order valence-corrected chi connectivity index (χ2v) is 6.63. The maximum absolute atomic E-state index is 12.5. The highest BCUT2D eigenvalue weighted by Crippen LogP contribution is 2.23. The Morgan fingerprint density at radius 2 is 1.81 bits per heavy atom. The normalized spacial score (nSPS) is 14.0. The summed E-state index contributed by atoms with van der Waals surface area (Å²) in [6.07, 6.45) is 3.44. The first-order chi connectivity index (χ1) is 13.0. The second-order valence-electron chi connectivity index (χ2n) is 5.65. The molecule has 1 N–H and O–H groups in total. The molecule has 1 unspecified atom stereocenters. The molecule has 0 aliphatic carbocycles. The molecule has 0 bridgehead atoms. The maximum Gasteiger partial charge on any atom is 0.355 e. The maximum atomic E-state index is 12.5. The summed E-state index contributed by atoms with van der Waals surface area (Å²) in [4.78, 5) is 54.3. The summed E-state index contributed by atoms with van der Waals surface area (Å²) in [7, 11) is 0. The number of nitrogens with zero attached hydrogens (tertiary/aromatic N) is 1. The first kappa shape index (κ1) is 18.7. The molecule has 0 saturated heterocycles. The van der Waals surface area contributed by atoms with E-state index in [1.807, 2.05) is 6.26 Å². The quantitative estimate of drug-likeness (QED) is 0.722. The van der Waals surface area contributed by atoms with Gasteiger partial charge in [0.1, 0.15) is 6.04 Å². The zero-order chi connectivity index (χ0) is 19.4. The Bertz CT molecular complexity index is 845. The average molecular weight is 388 g/mol. The zero-order valence-electron chi connectivity index (χ0n) is 14.3. The average Bonchev–Trinajstić information content (AvgIpc) is 3.29. The van der Waals surface area contributed by atoms with Gasteiger partial charge >= 0.3 is 5.97 Å². The molecule has 3 amide bonds. The van der Waals surface area contributed by atoms with E-state index in [-0.39, 0.29) is 23.3 Å². The van der Waals surface area contributed by atoms with Gasteiger partial charge in [0.25, 0.3) is 17.7 Å². The molecule has 8 nitrogen and oxygen atoms in total. The van der Waals surface area contributed by atoms with Crippen molar-refractivity contribution in [1.29, 1.82) is 0 Å². The number of furan rings is 1. The second kappa shape index (κ2) is 8.09. The highest BCUT2D eigenvalue weighted by atomic mass is 32.2. The molecule has 1 aliphatic heterocycles. The van der Waals surface area contributed by atoms with Crippen molar-refractivity contribution in [3.05, 3.63) is 59.5 Å². The molecule has 2 aromatic rings. The fourth-order valence-electron chi connectivity index (χ4n) is 2.53. The summed E-state index contributed by atoms with van der Waals surface area (Å²) in [6.45, 7) is 0. The van der Waals surface area contributed by atoms with E-state index in [2.05, 4.69) is 5.32 Å². The number of amides is 3. The van der Waals surface area contributed by atoms with Gasteiger partial charge in [0.15, 0.2) is 5.76 Å². The van der Waals surface area contributed by atoms with E-state index in [0.29, 0.717) is 10.8 Å². The van der Waals surface area contributed by atoms with Gasteiger partial charge in [0, 0.05) is 0 Å². The van der Waals surface area contributed by atoms with Crippen LogP contribution in [0.3, 0.4) is 0 Å². The van der Waals surface area contributed by atoms with Crippen molar-refractivity contribution >= 4 is 35.5 Å². The molecule has 2 heterocycles. The zero-order valence-corrected chi connectivity index (χ0v) is 15.2. The van der Waals surface area contributed by atoms with Gasteiger partial charge in [-0.3, -0.25) is 14.4 Å². The lowest BCUT2D eigenvalue weighted by atomic mass is 10.1. The summed E-state index contributed by atoms with van der Waals surface area (Å²) in [5.74, 6) is -2.34. The molecular weight excluding hydrogens is 372 g/mol. The number of thioether (sulfide) groups is 1. The van der Waals surface area contributed by atoms with Crippen molar-refractivity contribution in [3.63, 3.8) is 0 Å². The van der Waals surface area contributed by atoms with E-state index < -0.39 is 29.7 Å². The van der Waals surface area contributed by atoms with E-state index in [1.165, 1.54) is 36.2 Å². The largest absolute Gasteiger partial charge is 0.459 e. The Balaban J connectivity index is 1.72. The van der Waals surface area contributed by atoms with E-state index in [0.717, 1.165) is 0 Å². The lowest BCUT2D eigenvalue weighted by Crippen LogP contribution is -2.45. The molecule has 0 saturated carbocycles. The highest BCUT2D eigenvalue weighted by Gasteiger charge is 2.40. The van der Waals surface area contributed by atoms with E-state index >= 15 is 0 Å². The standard InChI is InChI=1S/C18H16N2O6S/c1-27-10-8-13(19-15(21)14-7-4-9-25-14)18(24)26-20-16(22)11-5-2-3-6-12(11)17(20)23/h2-7,9,13H,8,10H2,1H3,(H,19,21). The van der Waals surface area contributed by atoms with Crippen molar-refractivity contribution in [2.24, 2.45) is 0 Å². The van der Waals surface area contributed by atoms with Gasteiger partial charge in [-0.2, -0.15) is 11.8 Å². The van der Waals surface area contributed by atoms with Crippen molar-refractivity contribution in [1.82, 2.24) is 10.4 Å². The molecule has 0 spiro atoms. The first-order valence-corrected chi connectivity index (χ1v) is 9.45. The summed E-state index contributed by atoms with van der Waals surface area (Å²) >= 11 is 1.48. The topological polar surface area (TPSA) is 106 Å². The third-order valence-electron chi connectivity index (χ3n) is 3.88. The van der Waals surface area contributed by atoms with Gasteiger partial charge in [0.05, 0.1) is 17.4 Å². The smallest absolute Gasteiger partial charge is 0.355 e. The number of benzene rings is 1. The minimum Gasteiger partial charge on any atom is -0.459 e. The molecular formula is C18H16N2O6S. The van der Waals surface area contributed by atoms with Crippen LogP contribution in [-0.2, 0) is 9.63 Å². The van der Waals surface area contributed by atoms with E-state index in [9.17, 15) is 19.2 Å². The van der Waals surface area contributed by atoms with E-state index in [1.54, 1.807) is 18.2 Å². The lowest BCUT2D eigenvalue weighted by Gasteiger charge is -2.19. The van der Waals surface area contributed by atoms with Crippen molar-refractivity contribution < 1.29 is 28.4 Å². The molecule has 1 atom stereocenters. The number of hydrogen-bond donors (Lipinski definition) is 1. The van der Waals surface area contributed by atoms with Crippen LogP contribution in [0.2, 0.25) is 0 Å². The fourth-order valence-corrected chi connectivity index (χ4v) is 3.00. The van der Waals surface area contributed by atoms with Crippen LogP contribution in [0.15, 0.2) is 47.1 Å². The summed E-state index contributed by atoms with van der Waals surface area (Å²) in [5.41, 5.74) is 0.325. The third-order valence-corrected chi connectivity index (χ3v) is 4.53. The minimum atomic E-state index is -1.04. The summed E-state index contributed by atoms with van der Waals surface area (Å²) in [6, 6.07) is 8.14. The summed E-state index contributed by atoms with van der Waals surface area (Å²) in [5, 5.41) is 2.94. The lowest BCUT2D eigenvalue weighted by molar-refractivity contribution is -0.170. The van der Waals surface area contributed by atoms with Crippen molar-refractivity contribution in [2.45, 2.75) is 12.5 Å². The predicted octanol–water partition coefficient (Wildman–Crippen LogP) is 1.89. The third kappa shape index (κ3) is 3.87. The molecule has 1 aromatic heterocycles. The molecule has 0 radical (unpaired) electrons. The van der Waals surface area contributed by atoms with Gasteiger partial charge in [-0.05, 0) is 42.7 Å². The molecule has 140 valence electrons. The monoisotopic (exact) mass is 388 g/mol. The van der Waals surface area contributed by atoms with Crippen LogP contribution in [-0.4, -0.2) is 46.8 Å². The van der Waals surface area contributed by atoms with Crippen molar-refractivity contribution in [2.75, 3.05) is 12.0 Å². The Morgan fingerprint density at radius 3 is 2.37 bits per heavy atom. The number of nitrogens with one attached hydrogen (secondary N) is 1. The van der Waals surface area contributed by atoms with Gasteiger partial charge in [-0.25, -0.2) is 4.79 Å². The molecule has 3 rings (SSSR count). The van der Waals surface area contributed by atoms with Gasteiger partial charge in [0.2, 0.25) is 0 Å². The SMILES string of the molecule is CSCCC(NC(=O)c1ccco1)C(=O)ON1C(=O)c2ccccc2C1=O. The van der Waals surface area contributed by atoms with Crippen LogP contribution < -0.4 is 5.32 Å². The number of rotatable bonds is 7. The van der Waals surface area contributed by atoms with E-state index in [4.69, 9.17) is 9.25 Å². The molecule has 9 heteroatoms.